The number of hydrogen-bond acceptors (Lipinski definition) is 4. The molecule has 0 aromatic heterocycles. The monoisotopic (exact) mass is 361 g/mol. The average molecular weight is 361 g/mol. The number of ether oxygens (including phenoxy) is 1. The van der Waals surface area contributed by atoms with E-state index in [1.807, 2.05) is 24.3 Å². The summed E-state index contributed by atoms with van der Waals surface area (Å²) < 4.78 is 5.10. The van der Waals surface area contributed by atoms with Crippen LogP contribution in [0.4, 0.5) is 0 Å². The molecule has 1 aliphatic heterocycles. The quantitative estimate of drug-likeness (QED) is 0.780. The normalized spacial score (nSPS) is 14.1. The minimum absolute atomic E-state index is 0.0173. The molecule has 1 aromatic rings. The summed E-state index contributed by atoms with van der Waals surface area (Å²) in [5.74, 6) is 0.792. The van der Waals surface area contributed by atoms with Crippen molar-refractivity contribution in [2.24, 2.45) is 0 Å². The van der Waals surface area contributed by atoms with E-state index in [2.05, 4.69) is 5.32 Å². The maximum Gasteiger partial charge on any atom is 0.224 e. The van der Waals surface area contributed by atoms with Gasteiger partial charge in [0.05, 0.1) is 7.11 Å². The third-order valence-electron chi connectivity index (χ3n) is 4.54. The average Bonchev–Trinajstić information content (AvgIpc) is 2.66. The van der Waals surface area contributed by atoms with Gasteiger partial charge < -0.3 is 19.9 Å². The lowest BCUT2D eigenvalue weighted by Crippen LogP contribution is -2.50. The van der Waals surface area contributed by atoms with E-state index in [0.29, 0.717) is 45.6 Å². The molecule has 7 heteroatoms. The SMILES string of the molecule is COc1ccc(CCC(=O)NCCC(=O)N2CCN(C(C)=O)CC2)cc1. The van der Waals surface area contributed by atoms with Gasteiger partial charge >= 0.3 is 0 Å². The van der Waals surface area contributed by atoms with E-state index >= 15 is 0 Å². The van der Waals surface area contributed by atoms with Gasteiger partial charge in [-0.3, -0.25) is 14.4 Å². The lowest BCUT2D eigenvalue weighted by molar-refractivity contribution is -0.138. The number of carbonyl (C=O) groups is 3. The number of amides is 3. The summed E-state index contributed by atoms with van der Waals surface area (Å²) in [5.41, 5.74) is 1.07. The Balaban J connectivity index is 1.61. The maximum atomic E-state index is 12.2. The molecule has 142 valence electrons. The van der Waals surface area contributed by atoms with Crippen LogP contribution in [0.5, 0.6) is 5.75 Å². The Labute approximate surface area is 154 Å². The van der Waals surface area contributed by atoms with Crippen LogP contribution in [0, 0.1) is 0 Å². The minimum atomic E-state index is -0.0602. The molecule has 26 heavy (non-hydrogen) atoms. The highest BCUT2D eigenvalue weighted by molar-refractivity contribution is 5.79. The Bertz CT molecular complexity index is 622. The predicted octanol–water partition coefficient (Wildman–Crippen LogP) is 0.825. The van der Waals surface area contributed by atoms with E-state index in [9.17, 15) is 14.4 Å². The molecule has 1 aliphatic rings. The molecule has 0 aliphatic carbocycles. The number of nitrogens with zero attached hydrogens (tertiary/aromatic N) is 2. The second-order valence-corrected chi connectivity index (χ2v) is 6.33. The van der Waals surface area contributed by atoms with Gasteiger partial charge in [-0.05, 0) is 24.1 Å². The number of methoxy groups -OCH3 is 1. The van der Waals surface area contributed by atoms with Gasteiger partial charge in [0.25, 0.3) is 0 Å². The molecule has 0 unspecified atom stereocenters. The first-order valence-electron chi connectivity index (χ1n) is 8.92. The Morgan fingerprint density at radius 1 is 1.00 bits per heavy atom. The van der Waals surface area contributed by atoms with Crippen LogP contribution in [0.2, 0.25) is 0 Å². The minimum Gasteiger partial charge on any atom is -0.497 e. The molecule has 1 fully saturated rings. The zero-order valence-electron chi connectivity index (χ0n) is 15.5. The fourth-order valence-corrected chi connectivity index (χ4v) is 2.88. The third kappa shape index (κ3) is 6.06. The van der Waals surface area contributed by atoms with Crippen molar-refractivity contribution in [3.8, 4) is 5.75 Å². The summed E-state index contributed by atoms with van der Waals surface area (Å²) in [5, 5.41) is 2.80. The van der Waals surface area contributed by atoms with E-state index in [1.54, 1.807) is 23.8 Å². The standard InChI is InChI=1S/C19H27N3O4/c1-15(23)21-11-13-22(14-12-21)19(25)9-10-20-18(24)8-5-16-3-6-17(26-2)7-4-16/h3-4,6-7H,5,8-14H2,1-2H3,(H,20,24). The molecule has 1 saturated heterocycles. The number of carbonyl (C=O) groups excluding carboxylic acids is 3. The molecule has 1 N–H and O–H groups in total. The van der Waals surface area contributed by atoms with E-state index < -0.39 is 0 Å². The van der Waals surface area contributed by atoms with E-state index in [4.69, 9.17) is 4.74 Å². The Hall–Kier alpha value is -2.57. The van der Waals surface area contributed by atoms with Gasteiger partial charge in [0.15, 0.2) is 0 Å². The highest BCUT2D eigenvalue weighted by Crippen LogP contribution is 2.12. The van der Waals surface area contributed by atoms with Crippen LogP contribution in [-0.2, 0) is 20.8 Å². The second kappa shape index (κ2) is 9.79. The second-order valence-electron chi connectivity index (χ2n) is 6.33. The van der Waals surface area contributed by atoms with Crippen LogP contribution in [-0.4, -0.2) is 67.4 Å². The van der Waals surface area contributed by atoms with Gasteiger partial charge in [0.1, 0.15) is 5.75 Å². The highest BCUT2D eigenvalue weighted by Gasteiger charge is 2.21. The van der Waals surface area contributed by atoms with Crippen molar-refractivity contribution in [1.29, 1.82) is 0 Å². The van der Waals surface area contributed by atoms with Crippen LogP contribution in [0.3, 0.4) is 0 Å². The summed E-state index contributed by atoms with van der Waals surface area (Å²) in [7, 11) is 1.62. The van der Waals surface area contributed by atoms with Crippen molar-refractivity contribution in [3.63, 3.8) is 0 Å². The first-order chi connectivity index (χ1) is 12.5. The third-order valence-corrected chi connectivity index (χ3v) is 4.54. The fourth-order valence-electron chi connectivity index (χ4n) is 2.88. The fraction of sp³-hybridized carbons (Fsp3) is 0.526. The van der Waals surface area contributed by atoms with Crippen LogP contribution in [0.1, 0.15) is 25.3 Å². The molecule has 1 heterocycles. The van der Waals surface area contributed by atoms with Gasteiger partial charge in [-0.2, -0.15) is 0 Å². The lowest BCUT2D eigenvalue weighted by Gasteiger charge is -2.34. The van der Waals surface area contributed by atoms with E-state index in [0.717, 1.165) is 11.3 Å². The number of rotatable bonds is 7. The Kier molecular flexibility index (Phi) is 7.44. The molecule has 0 spiro atoms. The number of nitrogens with one attached hydrogen (secondary N) is 1. The van der Waals surface area contributed by atoms with Crippen LogP contribution < -0.4 is 10.1 Å². The molecule has 0 saturated carbocycles. The largest absolute Gasteiger partial charge is 0.497 e. The number of piperazine rings is 1. The summed E-state index contributed by atoms with van der Waals surface area (Å²) in [6.07, 6.45) is 1.32. The first-order valence-corrected chi connectivity index (χ1v) is 8.92. The van der Waals surface area contributed by atoms with Crippen LogP contribution >= 0.6 is 0 Å². The summed E-state index contributed by atoms with van der Waals surface area (Å²) >= 11 is 0. The molecular weight excluding hydrogens is 334 g/mol. The zero-order chi connectivity index (χ0) is 18.9. The Morgan fingerprint density at radius 3 is 2.19 bits per heavy atom. The smallest absolute Gasteiger partial charge is 0.224 e. The summed E-state index contributed by atoms with van der Waals surface area (Å²) in [6, 6.07) is 7.63. The van der Waals surface area contributed by atoms with Crippen molar-refractivity contribution < 1.29 is 19.1 Å². The van der Waals surface area contributed by atoms with Crippen LogP contribution in [0.25, 0.3) is 0 Å². The van der Waals surface area contributed by atoms with E-state index in [1.165, 1.54) is 0 Å². The molecule has 7 nitrogen and oxygen atoms in total. The van der Waals surface area contributed by atoms with Crippen molar-refractivity contribution in [2.45, 2.75) is 26.2 Å². The van der Waals surface area contributed by atoms with Crippen molar-refractivity contribution in [3.05, 3.63) is 29.8 Å². The number of hydrogen-bond donors (Lipinski definition) is 1. The predicted molar refractivity (Wildman–Crippen MR) is 97.8 cm³/mol. The first kappa shape index (κ1) is 19.8. The molecule has 0 bridgehead atoms. The molecule has 3 amide bonds. The van der Waals surface area contributed by atoms with Gasteiger partial charge in [0, 0.05) is 52.5 Å². The maximum absolute atomic E-state index is 12.2. The molecule has 0 atom stereocenters. The molecular formula is C19H27N3O4. The van der Waals surface area contributed by atoms with Gasteiger partial charge in [-0.25, -0.2) is 0 Å². The van der Waals surface area contributed by atoms with Gasteiger partial charge in [-0.15, -0.1) is 0 Å². The topological polar surface area (TPSA) is 79.0 Å². The number of aryl methyl sites for hydroxylation is 1. The Morgan fingerprint density at radius 2 is 1.62 bits per heavy atom. The summed E-state index contributed by atoms with van der Waals surface area (Å²) in [6.45, 7) is 4.16. The molecule has 1 aromatic carbocycles. The zero-order valence-corrected chi connectivity index (χ0v) is 15.5. The summed E-state index contributed by atoms with van der Waals surface area (Å²) in [4.78, 5) is 38.8. The van der Waals surface area contributed by atoms with E-state index in [-0.39, 0.29) is 24.1 Å². The van der Waals surface area contributed by atoms with Crippen molar-refractivity contribution in [2.75, 3.05) is 39.8 Å². The van der Waals surface area contributed by atoms with Gasteiger partial charge in [0.2, 0.25) is 17.7 Å². The molecule has 2 rings (SSSR count). The van der Waals surface area contributed by atoms with Gasteiger partial charge in [-0.1, -0.05) is 12.1 Å². The lowest BCUT2D eigenvalue weighted by atomic mass is 10.1. The number of benzene rings is 1. The highest BCUT2D eigenvalue weighted by atomic mass is 16.5. The molecule has 0 radical (unpaired) electrons. The van der Waals surface area contributed by atoms with Crippen LogP contribution in [0.15, 0.2) is 24.3 Å². The van der Waals surface area contributed by atoms with Crippen molar-refractivity contribution in [1.82, 2.24) is 15.1 Å². The van der Waals surface area contributed by atoms with Crippen molar-refractivity contribution >= 4 is 17.7 Å².